The fourth-order valence-corrected chi connectivity index (χ4v) is 3.99. The van der Waals surface area contributed by atoms with Crippen LogP contribution in [0.5, 0.6) is 0 Å². The number of hydrogen-bond acceptors (Lipinski definition) is 11. The minimum absolute atomic E-state index is 0.0376. The van der Waals surface area contributed by atoms with Crippen LogP contribution in [0.25, 0.3) is 0 Å². The van der Waals surface area contributed by atoms with Crippen molar-refractivity contribution in [2.45, 2.75) is 61.2 Å². The lowest BCUT2D eigenvalue weighted by Crippen LogP contribution is -2.67. The van der Waals surface area contributed by atoms with E-state index in [9.17, 15) is 15.3 Å². The Morgan fingerprint density at radius 2 is 1.48 bits per heavy atom. The third kappa shape index (κ3) is 3.74. The predicted octanol–water partition coefficient (Wildman–Crippen LogP) is -2.66. The maximum Gasteiger partial charge on any atom is 0.187 e. The molecule has 0 amide bonds. The Balaban J connectivity index is 1.50. The van der Waals surface area contributed by atoms with Gasteiger partial charge in [0.25, 0.3) is 0 Å². The van der Waals surface area contributed by atoms with Crippen molar-refractivity contribution in [2.24, 2.45) is 0 Å². The van der Waals surface area contributed by atoms with Gasteiger partial charge >= 0.3 is 0 Å². The quantitative estimate of drug-likeness (QED) is 0.461. The van der Waals surface area contributed by atoms with Crippen molar-refractivity contribution in [3.8, 4) is 0 Å². The molecular weight excluding hydrogens is 368 g/mol. The number of methoxy groups -OCH3 is 1. The Morgan fingerprint density at radius 3 is 2.07 bits per heavy atom. The molecule has 0 aromatic carbocycles. The van der Waals surface area contributed by atoms with Crippen LogP contribution in [0.3, 0.4) is 0 Å². The fourth-order valence-electron chi connectivity index (χ4n) is 3.99. The van der Waals surface area contributed by atoms with Crippen molar-refractivity contribution in [3.63, 3.8) is 0 Å². The van der Waals surface area contributed by atoms with Crippen LogP contribution < -0.4 is 0 Å². The summed E-state index contributed by atoms with van der Waals surface area (Å²) < 4.78 is 44.2. The molecule has 0 spiro atoms. The van der Waals surface area contributed by atoms with Crippen LogP contribution in [0.1, 0.15) is 0 Å². The topological polar surface area (TPSA) is 135 Å². The van der Waals surface area contributed by atoms with E-state index < -0.39 is 61.2 Å². The highest BCUT2D eigenvalue weighted by Crippen LogP contribution is 2.33. The average Bonchev–Trinajstić information content (AvgIpc) is 2.70. The molecule has 4 aliphatic rings. The Bertz CT molecular complexity index is 493. The van der Waals surface area contributed by atoms with Gasteiger partial charge in [0.05, 0.1) is 19.8 Å². The molecule has 4 aliphatic heterocycles. The summed E-state index contributed by atoms with van der Waals surface area (Å²) in [6, 6.07) is 0. The Kier molecular flexibility index (Phi) is 6.26. The van der Waals surface area contributed by atoms with Gasteiger partial charge < -0.3 is 53.2 Å². The second-order valence-corrected chi connectivity index (χ2v) is 6.96. The highest BCUT2D eigenvalue weighted by atomic mass is 16.8. The predicted molar refractivity (Wildman–Crippen MR) is 83.5 cm³/mol. The van der Waals surface area contributed by atoms with E-state index in [1.807, 2.05) is 0 Å². The SMILES string of the molecule is CO[C@H]1[C@H](O[C@H]2[C@H](O)[C@H]3OCOC[C@@H]3O[C@@H]2CO)O[C@@H]2COCO[C@H]2[C@@H]1O. The zero-order valence-corrected chi connectivity index (χ0v) is 14.9. The second-order valence-electron chi connectivity index (χ2n) is 6.96. The summed E-state index contributed by atoms with van der Waals surface area (Å²) in [6.45, 7) is 0.207. The van der Waals surface area contributed by atoms with E-state index in [4.69, 9.17) is 37.9 Å². The lowest BCUT2D eigenvalue weighted by atomic mass is 9.94. The van der Waals surface area contributed by atoms with Crippen LogP contribution >= 0.6 is 0 Å². The first kappa shape index (κ1) is 19.9. The number of fused-ring (bicyclic) bond motifs is 2. The molecule has 0 bridgehead atoms. The second kappa shape index (κ2) is 8.51. The van der Waals surface area contributed by atoms with E-state index in [0.717, 1.165) is 0 Å². The van der Waals surface area contributed by atoms with Crippen LogP contribution in [0, 0.1) is 0 Å². The van der Waals surface area contributed by atoms with Gasteiger partial charge in [-0.15, -0.1) is 0 Å². The molecule has 0 aromatic heterocycles. The molecule has 0 radical (unpaired) electrons. The Hall–Kier alpha value is -0.440. The largest absolute Gasteiger partial charge is 0.394 e. The van der Waals surface area contributed by atoms with E-state index in [1.165, 1.54) is 7.11 Å². The average molecular weight is 394 g/mol. The maximum atomic E-state index is 10.7. The zero-order valence-electron chi connectivity index (χ0n) is 14.9. The van der Waals surface area contributed by atoms with E-state index >= 15 is 0 Å². The third-order valence-corrected chi connectivity index (χ3v) is 5.37. The van der Waals surface area contributed by atoms with Crippen molar-refractivity contribution < 1.29 is 53.2 Å². The summed E-state index contributed by atoms with van der Waals surface area (Å²) in [5, 5.41) is 31.0. The van der Waals surface area contributed by atoms with Gasteiger partial charge in [-0.05, 0) is 0 Å². The summed E-state index contributed by atoms with van der Waals surface area (Å²) in [5.74, 6) is 0. The molecule has 4 heterocycles. The van der Waals surface area contributed by atoms with Gasteiger partial charge in [-0.3, -0.25) is 0 Å². The van der Waals surface area contributed by atoms with Crippen molar-refractivity contribution in [3.05, 3.63) is 0 Å². The summed E-state index contributed by atoms with van der Waals surface area (Å²) in [4.78, 5) is 0. The molecule has 27 heavy (non-hydrogen) atoms. The summed E-state index contributed by atoms with van der Waals surface area (Å²) in [7, 11) is 1.42. The fraction of sp³-hybridized carbons (Fsp3) is 1.00. The normalized spacial score (nSPS) is 50.7. The van der Waals surface area contributed by atoms with Crippen LogP contribution in [0.4, 0.5) is 0 Å². The molecule has 4 saturated heterocycles. The highest BCUT2D eigenvalue weighted by molar-refractivity contribution is 4.97. The van der Waals surface area contributed by atoms with Crippen molar-refractivity contribution in [1.82, 2.24) is 0 Å². The number of ether oxygens (including phenoxy) is 8. The first-order chi connectivity index (χ1) is 13.1. The minimum atomic E-state index is -1.08. The first-order valence-corrected chi connectivity index (χ1v) is 8.99. The van der Waals surface area contributed by atoms with Crippen LogP contribution in [-0.2, 0) is 37.9 Å². The lowest BCUT2D eigenvalue weighted by molar-refractivity contribution is -0.373. The number of aliphatic hydroxyl groups excluding tert-OH is 3. The van der Waals surface area contributed by atoms with Gasteiger partial charge in [0.15, 0.2) is 6.29 Å². The number of rotatable bonds is 4. The summed E-state index contributed by atoms with van der Waals surface area (Å²) in [6.07, 6.45) is -8.06. The van der Waals surface area contributed by atoms with Crippen LogP contribution in [-0.4, -0.2) is 117 Å². The molecule has 3 N–H and O–H groups in total. The molecule has 11 nitrogen and oxygen atoms in total. The standard InChI is InChI=1S/C16H26O11/c1-20-15-11(19)13-9(4-22-6-24-13)26-16(15)27-14-7(2-17)25-8-3-21-5-23-12(8)10(14)18/h7-19H,2-6H2,1H3/t7-,8+,9-,10-,11+,12+,13-,14-,15-,16+/m1/s1. The third-order valence-electron chi connectivity index (χ3n) is 5.37. The van der Waals surface area contributed by atoms with E-state index in [0.29, 0.717) is 0 Å². The minimum Gasteiger partial charge on any atom is -0.394 e. The highest BCUT2D eigenvalue weighted by Gasteiger charge is 2.53. The molecule has 0 aliphatic carbocycles. The smallest absolute Gasteiger partial charge is 0.187 e. The molecule has 0 saturated carbocycles. The Morgan fingerprint density at radius 1 is 0.889 bits per heavy atom. The van der Waals surface area contributed by atoms with Gasteiger partial charge in [-0.25, -0.2) is 0 Å². The monoisotopic (exact) mass is 394 g/mol. The van der Waals surface area contributed by atoms with Crippen molar-refractivity contribution in [1.29, 1.82) is 0 Å². The van der Waals surface area contributed by atoms with Crippen LogP contribution in [0.15, 0.2) is 0 Å². The van der Waals surface area contributed by atoms with Gasteiger partial charge in [-0.1, -0.05) is 0 Å². The molecule has 4 rings (SSSR count). The number of aliphatic hydroxyl groups is 3. The van der Waals surface area contributed by atoms with Gasteiger partial charge in [0.1, 0.15) is 68.5 Å². The maximum absolute atomic E-state index is 10.7. The van der Waals surface area contributed by atoms with Gasteiger partial charge in [0.2, 0.25) is 0 Å². The zero-order chi connectivity index (χ0) is 19.0. The molecule has 10 atom stereocenters. The molecule has 0 unspecified atom stereocenters. The van der Waals surface area contributed by atoms with Gasteiger partial charge in [-0.2, -0.15) is 0 Å². The molecule has 11 heteroatoms. The summed E-state index contributed by atoms with van der Waals surface area (Å²) >= 11 is 0. The van der Waals surface area contributed by atoms with Crippen LogP contribution in [0.2, 0.25) is 0 Å². The molecular formula is C16H26O11. The molecule has 156 valence electrons. The van der Waals surface area contributed by atoms with Crippen molar-refractivity contribution >= 4 is 0 Å². The lowest BCUT2D eigenvalue weighted by Gasteiger charge is -2.49. The molecule has 0 aromatic rings. The summed E-state index contributed by atoms with van der Waals surface area (Å²) in [5.41, 5.74) is 0. The Labute approximate surface area is 155 Å². The number of hydrogen-bond donors (Lipinski definition) is 3. The van der Waals surface area contributed by atoms with Gasteiger partial charge in [0, 0.05) is 7.11 Å². The van der Waals surface area contributed by atoms with E-state index in [-0.39, 0.29) is 33.4 Å². The van der Waals surface area contributed by atoms with E-state index in [1.54, 1.807) is 0 Å². The van der Waals surface area contributed by atoms with Crippen molar-refractivity contribution in [2.75, 3.05) is 40.5 Å². The first-order valence-electron chi connectivity index (χ1n) is 8.99. The van der Waals surface area contributed by atoms with E-state index in [2.05, 4.69) is 0 Å². The molecule has 4 fully saturated rings.